The van der Waals surface area contributed by atoms with Gasteiger partial charge in [-0.05, 0) is 31.6 Å². The fourth-order valence-electron chi connectivity index (χ4n) is 1.78. The number of hydrogen-bond acceptors (Lipinski definition) is 3. The fourth-order valence-corrected chi connectivity index (χ4v) is 2.85. The van der Waals surface area contributed by atoms with Crippen molar-refractivity contribution in [2.75, 3.05) is 19.0 Å². The molecule has 1 aromatic rings. The van der Waals surface area contributed by atoms with Crippen LogP contribution in [0.4, 0.5) is 0 Å². The highest BCUT2D eigenvalue weighted by Gasteiger charge is 2.16. The van der Waals surface area contributed by atoms with Crippen LogP contribution in [-0.4, -0.2) is 28.3 Å². The molecular weight excluding hydrogens is 248 g/mol. The van der Waals surface area contributed by atoms with E-state index in [1.807, 2.05) is 37.3 Å². The average molecular weight is 266 g/mol. The zero-order chi connectivity index (χ0) is 13.0. The highest BCUT2D eigenvalue weighted by Crippen LogP contribution is 2.18. The highest BCUT2D eigenvalue weighted by molar-refractivity contribution is 7.85. The first-order chi connectivity index (χ1) is 8.69. The van der Waals surface area contributed by atoms with Crippen molar-refractivity contribution in [2.24, 2.45) is 5.92 Å². The Bertz CT molecular complexity index is 451. The van der Waals surface area contributed by atoms with Crippen LogP contribution < -0.4 is 0 Å². The first-order valence-electron chi connectivity index (χ1n) is 6.07. The van der Waals surface area contributed by atoms with E-state index in [1.165, 1.54) is 0 Å². The molecule has 1 unspecified atom stereocenters. The molecule has 0 bridgehead atoms. The minimum Gasteiger partial charge on any atom is -0.497 e. The largest absolute Gasteiger partial charge is 0.497 e. The molecule has 0 aliphatic carbocycles. The van der Waals surface area contributed by atoms with Crippen LogP contribution in [0.2, 0.25) is 0 Å². The molecule has 4 heteroatoms. The highest BCUT2D eigenvalue weighted by atomic mass is 32.2. The Labute approximate surface area is 110 Å². The summed E-state index contributed by atoms with van der Waals surface area (Å²) in [4.78, 5) is 0.828. The number of benzene rings is 1. The van der Waals surface area contributed by atoms with Crippen molar-refractivity contribution in [1.82, 2.24) is 0 Å². The third kappa shape index (κ3) is 3.43. The van der Waals surface area contributed by atoms with Gasteiger partial charge in [-0.3, -0.25) is 4.21 Å². The van der Waals surface area contributed by atoms with Gasteiger partial charge in [-0.25, -0.2) is 0 Å². The Hall–Kier alpha value is -1.13. The molecule has 98 valence electrons. The second-order valence-corrected chi connectivity index (χ2v) is 6.02. The number of rotatable bonds is 4. The van der Waals surface area contributed by atoms with E-state index in [1.54, 1.807) is 0 Å². The Morgan fingerprint density at radius 3 is 2.67 bits per heavy atom. The number of hydrogen-bond donors (Lipinski definition) is 1. The van der Waals surface area contributed by atoms with Gasteiger partial charge in [-0.2, -0.15) is 0 Å². The van der Waals surface area contributed by atoms with Crippen molar-refractivity contribution in [1.29, 1.82) is 0 Å². The molecule has 2 rings (SSSR count). The van der Waals surface area contributed by atoms with Gasteiger partial charge in [0.15, 0.2) is 0 Å². The van der Waals surface area contributed by atoms with E-state index in [0.29, 0.717) is 12.4 Å². The first-order valence-corrected chi connectivity index (χ1v) is 7.38. The molecule has 0 saturated carbocycles. The van der Waals surface area contributed by atoms with Gasteiger partial charge < -0.3 is 9.84 Å². The van der Waals surface area contributed by atoms with E-state index in [-0.39, 0.29) is 12.5 Å². The summed E-state index contributed by atoms with van der Waals surface area (Å²) in [5.41, 5.74) is 1.16. The van der Waals surface area contributed by atoms with Crippen molar-refractivity contribution >= 4 is 10.8 Å². The second-order valence-electron chi connectivity index (χ2n) is 4.57. The van der Waals surface area contributed by atoms with Gasteiger partial charge in [0.25, 0.3) is 0 Å². The maximum atomic E-state index is 12.1. The molecule has 1 aromatic carbocycles. The molecule has 2 atom stereocenters. The van der Waals surface area contributed by atoms with E-state index in [4.69, 9.17) is 9.84 Å². The summed E-state index contributed by atoms with van der Waals surface area (Å²) in [6.07, 6.45) is 2.74. The van der Waals surface area contributed by atoms with Crippen LogP contribution in [0.25, 0.3) is 0 Å². The molecule has 0 aromatic heterocycles. The van der Waals surface area contributed by atoms with Crippen molar-refractivity contribution in [2.45, 2.75) is 18.2 Å². The van der Waals surface area contributed by atoms with E-state index in [9.17, 15) is 4.21 Å². The molecule has 18 heavy (non-hydrogen) atoms. The zero-order valence-corrected chi connectivity index (χ0v) is 11.3. The Morgan fingerprint density at radius 1 is 1.39 bits per heavy atom. The van der Waals surface area contributed by atoms with Gasteiger partial charge in [-0.15, -0.1) is 0 Å². The van der Waals surface area contributed by atoms with Gasteiger partial charge >= 0.3 is 0 Å². The standard InChI is InChI=1S/C14H18O3S/c1-11-2-6-14(7-3-11)18(16)10-13-5-4-12(8-15)9-17-13/h2-3,5-7,12,15H,4,8-10H2,1H3/t12-,18?/m1/s1. The summed E-state index contributed by atoms with van der Waals surface area (Å²) in [6.45, 7) is 2.67. The van der Waals surface area contributed by atoms with Crippen molar-refractivity contribution in [3.05, 3.63) is 41.7 Å². The number of allylic oxidation sites excluding steroid dienone is 1. The summed E-state index contributed by atoms with van der Waals surface area (Å²) in [6, 6.07) is 7.72. The first kappa shape index (κ1) is 13.3. The molecule has 3 nitrogen and oxygen atoms in total. The number of aliphatic hydroxyl groups is 1. The minimum atomic E-state index is -1.06. The molecule has 0 fully saturated rings. The molecule has 1 aliphatic heterocycles. The summed E-state index contributed by atoms with van der Waals surface area (Å²) in [7, 11) is -1.06. The maximum Gasteiger partial charge on any atom is 0.105 e. The number of ether oxygens (including phenoxy) is 1. The van der Waals surface area contributed by atoms with Crippen molar-refractivity contribution < 1.29 is 14.1 Å². The lowest BCUT2D eigenvalue weighted by Crippen LogP contribution is -2.19. The molecule has 1 N–H and O–H groups in total. The van der Waals surface area contributed by atoms with Gasteiger partial charge in [-0.1, -0.05) is 17.7 Å². The van der Waals surface area contributed by atoms with Crippen LogP contribution in [-0.2, 0) is 15.5 Å². The SMILES string of the molecule is Cc1ccc(S(=O)CC2=CC[C@H](CO)CO2)cc1. The normalized spacial score (nSPS) is 21.0. The van der Waals surface area contributed by atoms with Gasteiger partial charge in [0, 0.05) is 17.4 Å². The third-order valence-corrected chi connectivity index (χ3v) is 4.34. The lowest BCUT2D eigenvalue weighted by atomic mass is 10.1. The van der Waals surface area contributed by atoms with Crippen molar-refractivity contribution in [3.8, 4) is 0 Å². The molecular formula is C14H18O3S. The maximum absolute atomic E-state index is 12.1. The van der Waals surface area contributed by atoms with Gasteiger partial charge in [0.1, 0.15) is 5.76 Å². The van der Waals surface area contributed by atoms with Crippen LogP contribution in [0.5, 0.6) is 0 Å². The third-order valence-electron chi connectivity index (χ3n) is 3.00. The quantitative estimate of drug-likeness (QED) is 0.907. The second kappa shape index (κ2) is 6.16. The predicted molar refractivity (Wildman–Crippen MR) is 71.7 cm³/mol. The Balaban J connectivity index is 1.96. The summed E-state index contributed by atoms with van der Waals surface area (Å²) >= 11 is 0. The van der Waals surface area contributed by atoms with Crippen LogP contribution >= 0.6 is 0 Å². The molecule has 0 spiro atoms. The monoisotopic (exact) mass is 266 g/mol. The topological polar surface area (TPSA) is 46.5 Å². The average Bonchev–Trinajstić information content (AvgIpc) is 2.40. The molecule has 0 radical (unpaired) electrons. The minimum absolute atomic E-state index is 0.144. The Kier molecular flexibility index (Phi) is 4.55. The van der Waals surface area contributed by atoms with Crippen LogP contribution in [0, 0.1) is 12.8 Å². The van der Waals surface area contributed by atoms with E-state index in [2.05, 4.69) is 0 Å². The molecule has 1 heterocycles. The number of aliphatic hydroxyl groups excluding tert-OH is 1. The van der Waals surface area contributed by atoms with Gasteiger partial charge in [0.05, 0.1) is 23.2 Å². The lowest BCUT2D eigenvalue weighted by Gasteiger charge is -2.21. The number of aryl methyl sites for hydroxylation is 1. The molecule has 0 saturated heterocycles. The summed E-state index contributed by atoms with van der Waals surface area (Å²) in [5.74, 6) is 1.38. The zero-order valence-electron chi connectivity index (χ0n) is 10.5. The van der Waals surface area contributed by atoms with Gasteiger partial charge in [0.2, 0.25) is 0 Å². The van der Waals surface area contributed by atoms with E-state index < -0.39 is 10.8 Å². The molecule has 1 aliphatic rings. The summed E-state index contributed by atoms with van der Waals surface area (Å²) < 4.78 is 17.6. The Morgan fingerprint density at radius 2 is 2.11 bits per heavy atom. The van der Waals surface area contributed by atoms with E-state index in [0.717, 1.165) is 22.6 Å². The van der Waals surface area contributed by atoms with Crippen LogP contribution in [0.15, 0.2) is 41.0 Å². The van der Waals surface area contributed by atoms with Crippen LogP contribution in [0.3, 0.4) is 0 Å². The molecule has 0 amide bonds. The summed E-state index contributed by atoms with van der Waals surface area (Å²) in [5, 5.41) is 8.99. The smallest absolute Gasteiger partial charge is 0.105 e. The van der Waals surface area contributed by atoms with Crippen molar-refractivity contribution in [3.63, 3.8) is 0 Å². The predicted octanol–water partition coefficient (Wildman–Crippen LogP) is 2.02. The van der Waals surface area contributed by atoms with E-state index >= 15 is 0 Å². The lowest BCUT2D eigenvalue weighted by molar-refractivity contribution is 0.105. The van der Waals surface area contributed by atoms with Crippen LogP contribution in [0.1, 0.15) is 12.0 Å². The fraction of sp³-hybridized carbons (Fsp3) is 0.429.